The van der Waals surface area contributed by atoms with Crippen molar-refractivity contribution >= 4 is 46.2 Å². The number of amides is 2. The predicted molar refractivity (Wildman–Crippen MR) is 115 cm³/mol. The highest BCUT2D eigenvalue weighted by atomic mass is 32.2. The Morgan fingerprint density at radius 2 is 1.72 bits per heavy atom. The topological polar surface area (TPSA) is 77.1 Å². The van der Waals surface area contributed by atoms with Gasteiger partial charge in [0.1, 0.15) is 5.75 Å². The molecule has 150 valence electrons. The maximum atomic E-state index is 12.7. The molecular weight excluding hydrogens is 412 g/mol. The fourth-order valence-corrected chi connectivity index (χ4v) is 3.75. The SMILES string of the molecule is COc1ccc(C(=O)NN2C(=O)/C(=C\c3ccc(OC)c(OC)c3)SC2=S)cc1. The summed E-state index contributed by atoms with van der Waals surface area (Å²) in [6.07, 6.45) is 1.68. The van der Waals surface area contributed by atoms with E-state index in [0.717, 1.165) is 22.3 Å². The molecule has 1 aliphatic rings. The van der Waals surface area contributed by atoms with Crippen LogP contribution in [0.25, 0.3) is 6.08 Å². The predicted octanol–water partition coefficient (Wildman–Crippen LogP) is 3.26. The number of ether oxygens (including phenoxy) is 3. The van der Waals surface area contributed by atoms with Crippen molar-refractivity contribution in [2.75, 3.05) is 21.3 Å². The van der Waals surface area contributed by atoms with Gasteiger partial charge in [-0.25, -0.2) is 0 Å². The number of methoxy groups -OCH3 is 3. The third-order valence-corrected chi connectivity index (χ3v) is 5.37. The minimum atomic E-state index is -0.448. The molecule has 29 heavy (non-hydrogen) atoms. The number of thioether (sulfide) groups is 1. The van der Waals surface area contributed by atoms with Crippen LogP contribution < -0.4 is 19.6 Å². The first-order valence-electron chi connectivity index (χ1n) is 8.42. The lowest BCUT2D eigenvalue weighted by molar-refractivity contribution is -0.123. The summed E-state index contributed by atoms with van der Waals surface area (Å²) in [5, 5.41) is 1.07. The number of hydrogen-bond donors (Lipinski definition) is 1. The Labute approximate surface area is 177 Å². The highest BCUT2D eigenvalue weighted by Crippen LogP contribution is 2.34. The summed E-state index contributed by atoms with van der Waals surface area (Å²) in [7, 11) is 4.63. The fourth-order valence-electron chi connectivity index (χ4n) is 2.57. The zero-order valence-electron chi connectivity index (χ0n) is 15.9. The van der Waals surface area contributed by atoms with Crippen LogP contribution in [0.4, 0.5) is 0 Å². The monoisotopic (exact) mass is 430 g/mol. The van der Waals surface area contributed by atoms with Crippen molar-refractivity contribution in [2.45, 2.75) is 0 Å². The maximum Gasteiger partial charge on any atom is 0.285 e. The largest absolute Gasteiger partial charge is 0.497 e. The second-order valence-corrected chi connectivity index (χ2v) is 7.48. The Bertz CT molecular complexity index is 989. The molecule has 0 unspecified atom stereocenters. The number of hydrogen-bond acceptors (Lipinski definition) is 7. The van der Waals surface area contributed by atoms with Crippen LogP contribution in [0.15, 0.2) is 47.4 Å². The van der Waals surface area contributed by atoms with Gasteiger partial charge in [0.15, 0.2) is 15.8 Å². The molecule has 1 heterocycles. The van der Waals surface area contributed by atoms with E-state index in [1.165, 1.54) is 7.11 Å². The normalized spacial score (nSPS) is 14.9. The van der Waals surface area contributed by atoms with Crippen LogP contribution >= 0.6 is 24.0 Å². The number of rotatable bonds is 6. The van der Waals surface area contributed by atoms with Crippen molar-refractivity contribution in [1.29, 1.82) is 0 Å². The van der Waals surface area contributed by atoms with Gasteiger partial charge >= 0.3 is 0 Å². The molecule has 2 aromatic carbocycles. The van der Waals surface area contributed by atoms with Crippen molar-refractivity contribution in [3.8, 4) is 17.2 Å². The van der Waals surface area contributed by atoms with Gasteiger partial charge in [0, 0.05) is 5.56 Å². The summed E-state index contributed by atoms with van der Waals surface area (Å²) in [5.74, 6) is 0.909. The summed E-state index contributed by atoms with van der Waals surface area (Å²) < 4.78 is 15.8. The minimum absolute atomic E-state index is 0.239. The van der Waals surface area contributed by atoms with Gasteiger partial charge in [0.25, 0.3) is 11.8 Å². The van der Waals surface area contributed by atoms with Gasteiger partial charge in [-0.3, -0.25) is 15.0 Å². The minimum Gasteiger partial charge on any atom is -0.497 e. The molecule has 3 rings (SSSR count). The number of carbonyl (C=O) groups excluding carboxylic acids is 2. The van der Waals surface area contributed by atoms with Crippen molar-refractivity contribution < 1.29 is 23.8 Å². The van der Waals surface area contributed by atoms with Gasteiger partial charge in [0.2, 0.25) is 0 Å². The second-order valence-electron chi connectivity index (χ2n) is 5.80. The van der Waals surface area contributed by atoms with E-state index in [9.17, 15) is 9.59 Å². The first kappa shape index (κ1) is 20.7. The summed E-state index contributed by atoms with van der Waals surface area (Å²) in [5.41, 5.74) is 3.66. The third-order valence-electron chi connectivity index (χ3n) is 4.06. The third kappa shape index (κ3) is 4.52. The quantitative estimate of drug-likeness (QED) is 0.557. The molecule has 2 aromatic rings. The molecule has 0 saturated carbocycles. The molecule has 9 heteroatoms. The lowest BCUT2D eigenvalue weighted by atomic mass is 10.2. The van der Waals surface area contributed by atoms with Crippen LogP contribution in [0.3, 0.4) is 0 Å². The van der Waals surface area contributed by atoms with E-state index in [1.807, 2.05) is 0 Å². The number of hydrazine groups is 1. The maximum absolute atomic E-state index is 12.7. The number of thiocarbonyl (C=S) groups is 1. The van der Waals surface area contributed by atoms with Crippen molar-refractivity contribution in [2.24, 2.45) is 0 Å². The van der Waals surface area contributed by atoms with Crippen LogP contribution in [0.2, 0.25) is 0 Å². The molecule has 0 spiro atoms. The smallest absolute Gasteiger partial charge is 0.285 e. The van der Waals surface area contributed by atoms with Crippen LogP contribution in [0.1, 0.15) is 15.9 Å². The molecule has 0 aromatic heterocycles. The Balaban J connectivity index is 1.76. The van der Waals surface area contributed by atoms with E-state index < -0.39 is 11.8 Å². The molecule has 1 saturated heterocycles. The van der Waals surface area contributed by atoms with E-state index in [2.05, 4.69) is 5.43 Å². The molecule has 1 N–H and O–H groups in total. The Kier molecular flexibility index (Phi) is 6.40. The molecule has 0 aliphatic carbocycles. The lowest BCUT2D eigenvalue weighted by Crippen LogP contribution is -2.44. The highest BCUT2D eigenvalue weighted by molar-refractivity contribution is 8.26. The van der Waals surface area contributed by atoms with E-state index in [1.54, 1.807) is 62.8 Å². The zero-order chi connectivity index (χ0) is 21.0. The van der Waals surface area contributed by atoms with Gasteiger partial charge in [-0.05, 0) is 60.3 Å². The summed E-state index contributed by atoms with van der Waals surface area (Å²) in [6, 6.07) is 11.8. The molecule has 2 amide bonds. The van der Waals surface area contributed by atoms with E-state index in [0.29, 0.717) is 27.7 Å². The zero-order valence-corrected chi connectivity index (χ0v) is 17.6. The van der Waals surface area contributed by atoms with Crippen LogP contribution in [0, 0.1) is 0 Å². The summed E-state index contributed by atoms with van der Waals surface area (Å²) in [6.45, 7) is 0. The molecule has 1 aliphatic heterocycles. The number of nitrogens with zero attached hydrogens (tertiary/aromatic N) is 1. The summed E-state index contributed by atoms with van der Waals surface area (Å²) in [4.78, 5) is 25.6. The second kappa shape index (κ2) is 8.97. The first-order chi connectivity index (χ1) is 14.0. The Morgan fingerprint density at radius 1 is 1.03 bits per heavy atom. The van der Waals surface area contributed by atoms with Crippen molar-refractivity contribution in [3.63, 3.8) is 0 Å². The molecule has 0 bridgehead atoms. The van der Waals surface area contributed by atoms with E-state index >= 15 is 0 Å². The molecule has 0 radical (unpaired) electrons. The fraction of sp³-hybridized carbons (Fsp3) is 0.150. The highest BCUT2D eigenvalue weighted by Gasteiger charge is 2.33. The Hall–Kier alpha value is -3.04. The van der Waals surface area contributed by atoms with Gasteiger partial charge in [-0.1, -0.05) is 17.8 Å². The molecule has 7 nitrogen and oxygen atoms in total. The van der Waals surface area contributed by atoms with Crippen LogP contribution in [0.5, 0.6) is 17.2 Å². The lowest BCUT2D eigenvalue weighted by Gasteiger charge is -2.15. The number of nitrogens with one attached hydrogen (secondary N) is 1. The number of carbonyl (C=O) groups is 2. The molecular formula is C20H18N2O5S2. The van der Waals surface area contributed by atoms with E-state index in [-0.39, 0.29) is 4.32 Å². The van der Waals surface area contributed by atoms with Crippen LogP contribution in [-0.4, -0.2) is 42.5 Å². The average molecular weight is 431 g/mol. The van der Waals surface area contributed by atoms with Gasteiger partial charge in [-0.2, -0.15) is 5.01 Å². The van der Waals surface area contributed by atoms with Crippen molar-refractivity contribution in [1.82, 2.24) is 10.4 Å². The summed E-state index contributed by atoms with van der Waals surface area (Å²) >= 11 is 6.36. The first-order valence-corrected chi connectivity index (χ1v) is 9.64. The number of benzene rings is 2. The van der Waals surface area contributed by atoms with Crippen molar-refractivity contribution in [3.05, 3.63) is 58.5 Å². The average Bonchev–Trinajstić information content (AvgIpc) is 3.00. The Morgan fingerprint density at radius 3 is 2.34 bits per heavy atom. The van der Waals surface area contributed by atoms with Gasteiger partial charge in [0.05, 0.1) is 26.2 Å². The van der Waals surface area contributed by atoms with Gasteiger partial charge < -0.3 is 14.2 Å². The van der Waals surface area contributed by atoms with Crippen LogP contribution in [-0.2, 0) is 4.79 Å². The molecule has 1 fully saturated rings. The van der Waals surface area contributed by atoms with Gasteiger partial charge in [-0.15, -0.1) is 0 Å². The van der Waals surface area contributed by atoms with E-state index in [4.69, 9.17) is 26.4 Å². The molecule has 0 atom stereocenters. The standard InChI is InChI=1S/C20H18N2O5S2/c1-25-14-7-5-13(6-8-14)18(23)21-22-19(24)17(29-20(22)28)11-12-4-9-15(26-2)16(10-12)27-3/h4-11H,1-3H3,(H,21,23)/b17-11+.